The normalized spacial score (nSPS) is 10.5. The van der Waals surface area contributed by atoms with Gasteiger partial charge in [-0.3, -0.25) is 4.18 Å². The molecule has 0 fully saturated rings. The Hall–Kier alpha value is -1.54. The molecule has 1 aromatic rings. The summed E-state index contributed by atoms with van der Waals surface area (Å²) in [4.78, 5) is 0.0246. The fourth-order valence-corrected chi connectivity index (χ4v) is 1.83. The number of hydrogen-bond donors (Lipinski definition) is 0. The molecule has 0 atom stereocenters. The first-order valence-corrected chi connectivity index (χ1v) is 4.87. The minimum atomic E-state index is -3.90. The van der Waals surface area contributed by atoms with E-state index in [2.05, 4.69) is 4.18 Å². The highest BCUT2D eigenvalue weighted by molar-refractivity contribution is 7.87. The lowest BCUT2D eigenvalue weighted by atomic mass is 10.2. The first-order chi connectivity index (χ1) is 6.08. The summed E-state index contributed by atoms with van der Waals surface area (Å²) in [7, 11) is -3.90. The molecule has 1 aromatic carbocycles. The summed E-state index contributed by atoms with van der Waals surface area (Å²) in [5, 5.41) is 8.10. The van der Waals surface area contributed by atoms with Crippen LogP contribution in [0.2, 0.25) is 0 Å². The molecular formula is C8H7NO3S. The van der Waals surface area contributed by atoms with Crippen LogP contribution >= 0.6 is 0 Å². The number of benzene rings is 1. The Morgan fingerprint density at radius 3 is 2.54 bits per heavy atom. The standard InChI is InChI=1S/C8H7NO3S/c1-7-4-2-3-5-8(7)13(10,11)12-6-9/h2-5H,1H3. The highest BCUT2D eigenvalue weighted by Gasteiger charge is 2.17. The molecule has 0 bridgehead atoms. The van der Waals surface area contributed by atoms with E-state index in [0.717, 1.165) is 6.26 Å². The van der Waals surface area contributed by atoms with Gasteiger partial charge in [0, 0.05) is 0 Å². The molecule has 0 saturated carbocycles. The van der Waals surface area contributed by atoms with E-state index in [9.17, 15) is 8.42 Å². The second-order valence-corrected chi connectivity index (χ2v) is 3.91. The lowest BCUT2D eigenvalue weighted by Gasteiger charge is -2.02. The minimum Gasteiger partial charge on any atom is -0.299 e. The summed E-state index contributed by atoms with van der Waals surface area (Å²) in [5.41, 5.74) is 0.553. The summed E-state index contributed by atoms with van der Waals surface area (Å²) in [6.07, 6.45) is 1.15. The zero-order valence-corrected chi connectivity index (χ0v) is 7.71. The molecule has 5 heteroatoms. The molecule has 4 nitrogen and oxygen atoms in total. The lowest BCUT2D eigenvalue weighted by Crippen LogP contribution is -2.04. The van der Waals surface area contributed by atoms with Crippen molar-refractivity contribution in [2.75, 3.05) is 0 Å². The van der Waals surface area contributed by atoms with Gasteiger partial charge < -0.3 is 0 Å². The average molecular weight is 197 g/mol. The maximum atomic E-state index is 11.2. The van der Waals surface area contributed by atoms with E-state index in [1.54, 1.807) is 25.1 Å². The number of nitriles is 1. The van der Waals surface area contributed by atoms with Gasteiger partial charge in [0.05, 0.1) is 0 Å². The monoisotopic (exact) mass is 197 g/mol. The third-order valence-corrected chi connectivity index (χ3v) is 2.80. The summed E-state index contributed by atoms with van der Waals surface area (Å²) in [6.45, 7) is 1.63. The predicted octanol–water partition coefficient (Wildman–Crippen LogP) is 1.18. The topological polar surface area (TPSA) is 67.2 Å². The summed E-state index contributed by atoms with van der Waals surface area (Å²) in [5.74, 6) is 0. The Morgan fingerprint density at radius 2 is 2.00 bits per heavy atom. The van der Waals surface area contributed by atoms with Crippen LogP contribution in [-0.2, 0) is 14.3 Å². The second-order valence-electron chi connectivity index (χ2n) is 2.39. The Kier molecular flexibility index (Phi) is 2.54. The predicted molar refractivity (Wildman–Crippen MR) is 45.1 cm³/mol. The molecule has 0 spiro atoms. The van der Waals surface area contributed by atoms with E-state index in [1.807, 2.05) is 0 Å². The summed E-state index contributed by atoms with van der Waals surface area (Å²) in [6, 6.07) is 6.30. The molecule has 0 aliphatic heterocycles. The quantitative estimate of drug-likeness (QED) is 0.527. The molecule has 0 radical (unpaired) electrons. The zero-order valence-electron chi connectivity index (χ0n) is 6.89. The molecule has 0 unspecified atom stereocenters. The number of aryl methyl sites for hydroxylation is 1. The van der Waals surface area contributed by atoms with Crippen molar-refractivity contribution in [3.63, 3.8) is 0 Å². The van der Waals surface area contributed by atoms with Gasteiger partial charge in [0.15, 0.2) is 0 Å². The van der Waals surface area contributed by atoms with Crippen molar-refractivity contribution in [3.05, 3.63) is 29.8 Å². The van der Waals surface area contributed by atoms with Gasteiger partial charge in [-0.1, -0.05) is 18.2 Å². The van der Waals surface area contributed by atoms with Gasteiger partial charge in [0.1, 0.15) is 4.90 Å². The van der Waals surface area contributed by atoms with Gasteiger partial charge in [-0.2, -0.15) is 8.42 Å². The Labute approximate surface area is 76.5 Å². The maximum Gasteiger partial charge on any atom is 0.349 e. The van der Waals surface area contributed by atoms with Gasteiger partial charge in [-0.05, 0) is 18.6 Å². The van der Waals surface area contributed by atoms with E-state index >= 15 is 0 Å². The fraction of sp³-hybridized carbons (Fsp3) is 0.125. The Bertz CT molecular complexity index is 445. The molecule has 0 aliphatic carbocycles. The van der Waals surface area contributed by atoms with Crippen LogP contribution in [0.3, 0.4) is 0 Å². The lowest BCUT2D eigenvalue weighted by molar-refractivity contribution is 0.458. The minimum absolute atomic E-state index is 0.0246. The Balaban J connectivity index is 3.25. The van der Waals surface area contributed by atoms with Crippen LogP contribution in [0.1, 0.15) is 5.56 Å². The van der Waals surface area contributed by atoms with Gasteiger partial charge >= 0.3 is 16.4 Å². The smallest absolute Gasteiger partial charge is 0.299 e. The molecule has 0 saturated heterocycles. The molecule has 0 heterocycles. The summed E-state index contributed by atoms with van der Waals surface area (Å²) >= 11 is 0. The van der Waals surface area contributed by atoms with Crippen molar-refractivity contribution in [1.29, 1.82) is 5.26 Å². The van der Waals surface area contributed by atoms with Crippen molar-refractivity contribution in [3.8, 4) is 6.26 Å². The first-order valence-electron chi connectivity index (χ1n) is 3.46. The third-order valence-electron chi connectivity index (χ3n) is 1.51. The van der Waals surface area contributed by atoms with Gasteiger partial charge in [0.25, 0.3) is 0 Å². The molecule has 0 aromatic heterocycles. The van der Waals surface area contributed by atoms with E-state index in [1.165, 1.54) is 6.07 Å². The van der Waals surface area contributed by atoms with Crippen molar-refractivity contribution in [1.82, 2.24) is 0 Å². The van der Waals surface area contributed by atoms with Crippen LogP contribution in [0.4, 0.5) is 0 Å². The molecule has 0 aliphatic rings. The van der Waals surface area contributed by atoms with E-state index in [4.69, 9.17) is 5.26 Å². The summed E-state index contributed by atoms with van der Waals surface area (Å²) < 4.78 is 26.4. The molecule has 13 heavy (non-hydrogen) atoms. The largest absolute Gasteiger partial charge is 0.349 e. The molecule has 0 amide bonds. The van der Waals surface area contributed by atoms with Gasteiger partial charge in [-0.15, -0.1) is 5.26 Å². The van der Waals surface area contributed by atoms with Gasteiger partial charge in [0.2, 0.25) is 0 Å². The van der Waals surface area contributed by atoms with Crippen LogP contribution in [0, 0.1) is 18.4 Å². The van der Waals surface area contributed by atoms with Crippen LogP contribution in [-0.4, -0.2) is 8.42 Å². The van der Waals surface area contributed by atoms with E-state index < -0.39 is 10.1 Å². The first kappa shape index (κ1) is 9.55. The third kappa shape index (κ3) is 1.98. The van der Waals surface area contributed by atoms with Crippen LogP contribution < -0.4 is 0 Å². The van der Waals surface area contributed by atoms with Crippen LogP contribution in [0.5, 0.6) is 0 Å². The SMILES string of the molecule is Cc1ccccc1S(=O)(=O)OC#N. The van der Waals surface area contributed by atoms with Crippen molar-refractivity contribution < 1.29 is 12.6 Å². The number of rotatable bonds is 2. The molecular weight excluding hydrogens is 190 g/mol. The van der Waals surface area contributed by atoms with Crippen molar-refractivity contribution >= 4 is 10.1 Å². The highest BCUT2D eigenvalue weighted by Crippen LogP contribution is 2.15. The average Bonchev–Trinajstić information content (AvgIpc) is 2.04. The Morgan fingerprint density at radius 1 is 1.38 bits per heavy atom. The van der Waals surface area contributed by atoms with Crippen molar-refractivity contribution in [2.45, 2.75) is 11.8 Å². The molecule has 0 N–H and O–H groups in total. The molecule has 68 valence electrons. The van der Waals surface area contributed by atoms with Gasteiger partial charge in [-0.25, -0.2) is 0 Å². The number of hydrogen-bond acceptors (Lipinski definition) is 4. The van der Waals surface area contributed by atoms with Crippen LogP contribution in [0.15, 0.2) is 29.2 Å². The van der Waals surface area contributed by atoms with Crippen LogP contribution in [0.25, 0.3) is 0 Å². The number of nitrogens with zero attached hydrogens (tertiary/aromatic N) is 1. The van der Waals surface area contributed by atoms with Crippen molar-refractivity contribution in [2.24, 2.45) is 0 Å². The molecule has 1 rings (SSSR count). The maximum absolute atomic E-state index is 11.2. The van der Waals surface area contributed by atoms with E-state index in [0.29, 0.717) is 5.56 Å². The highest BCUT2D eigenvalue weighted by atomic mass is 32.2. The second kappa shape index (κ2) is 3.46. The zero-order chi connectivity index (χ0) is 9.90. The van der Waals surface area contributed by atoms with E-state index in [-0.39, 0.29) is 4.90 Å². The fourth-order valence-electron chi connectivity index (χ4n) is 0.931.